The Morgan fingerprint density at radius 1 is 0.872 bits per heavy atom. The molecule has 0 radical (unpaired) electrons. The van der Waals surface area contributed by atoms with Crippen LogP contribution in [0.3, 0.4) is 0 Å². The Morgan fingerprint density at radius 3 is 2.19 bits per heavy atom. The predicted octanol–water partition coefficient (Wildman–Crippen LogP) is 0.919. The Labute approximate surface area is 288 Å². The second-order valence-corrected chi connectivity index (χ2v) is 12.0. The monoisotopic (exact) mass is 644 g/mol. The summed E-state index contributed by atoms with van der Waals surface area (Å²) >= 11 is 0. The van der Waals surface area contributed by atoms with Crippen molar-refractivity contribution in [1.82, 2.24) is 15.0 Å². The molecule has 0 fully saturated rings. The average Bonchev–Trinajstić information content (AvgIpc) is 3.79. The minimum absolute atomic E-state index is 0. The molecule has 240 valence electrons. The van der Waals surface area contributed by atoms with Gasteiger partial charge in [-0.1, -0.05) is 71.5 Å². The van der Waals surface area contributed by atoms with E-state index in [0.717, 1.165) is 45.7 Å². The third-order valence-corrected chi connectivity index (χ3v) is 9.77. The van der Waals surface area contributed by atoms with Gasteiger partial charge in [-0.3, -0.25) is 19.2 Å². The van der Waals surface area contributed by atoms with E-state index in [2.05, 4.69) is 6.92 Å². The van der Waals surface area contributed by atoms with E-state index in [-0.39, 0.29) is 47.1 Å². The number of hydrogen-bond acceptors (Lipinski definition) is 6. The molecule has 3 atom stereocenters. The van der Waals surface area contributed by atoms with Gasteiger partial charge in [-0.2, -0.15) is 0 Å². The molecule has 1 aliphatic carbocycles. The molecule has 2 aliphatic heterocycles. The third-order valence-electron chi connectivity index (χ3n) is 9.77. The maximum Gasteiger partial charge on any atom is 2.00 e. The first kappa shape index (κ1) is 34.2. The first-order chi connectivity index (χ1) is 22.1. The van der Waals surface area contributed by atoms with Crippen molar-refractivity contribution in [3.8, 4) is 0 Å². The van der Waals surface area contributed by atoms with Gasteiger partial charge in [0.25, 0.3) is 0 Å². The fourth-order valence-electron chi connectivity index (χ4n) is 7.26. The molecule has 11 heteroatoms. The second kappa shape index (κ2) is 13.2. The van der Waals surface area contributed by atoms with Crippen LogP contribution in [0.25, 0.3) is 29.1 Å². The van der Waals surface area contributed by atoms with Gasteiger partial charge in [0.15, 0.2) is 5.78 Å². The third kappa shape index (κ3) is 5.43. The van der Waals surface area contributed by atoms with Crippen molar-refractivity contribution in [2.75, 3.05) is 14.2 Å². The van der Waals surface area contributed by atoms with Gasteiger partial charge in [-0.15, -0.1) is 38.5 Å². The average molecular weight is 645 g/mol. The summed E-state index contributed by atoms with van der Waals surface area (Å²) < 4.78 is 10.1. The molecule has 0 N–H and O–H groups in total. The number of hydrogen-bond donors (Lipinski definition) is 0. The topological polar surface area (TPSA) is 143 Å². The fraction of sp³-hybridized carbons (Fsp3) is 0.389. The van der Waals surface area contributed by atoms with Crippen LogP contribution >= 0.6 is 0 Å². The van der Waals surface area contributed by atoms with Crippen LogP contribution < -0.4 is 36.3 Å². The number of ether oxygens (including phenoxy) is 2. The molecule has 5 heterocycles. The van der Waals surface area contributed by atoms with Gasteiger partial charge in [0.1, 0.15) is 12.2 Å². The Bertz CT molecular complexity index is 2110. The molecule has 10 nitrogen and oxygen atoms in total. The van der Waals surface area contributed by atoms with Gasteiger partial charge >= 0.3 is 35.0 Å². The molecular weight excluding hydrogens is 609 g/mol. The summed E-state index contributed by atoms with van der Waals surface area (Å²) in [5.74, 6) is -2.94. The molecule has 3 aromatic heterocycles. The summed E-state index contributed by atoms with van der Waals surface area (Å²) in [6.07, 6.45) is 8.24. The van der Waals surface area contributed by atoms with E-state index in [1.165, 1.54) is 14.2 Å². The van der Waals surface area contributed by atoms with Gasteiger partial charge in [0.2, 0.25) is 0 Å². The summed E-state index contributed by atoms with van der Waals surface area (Å²) in [7, 11) is 2.61. The summed E-state index contributed by atoms with van der Waals surface area (Å²) in [6.45, 7) is 9.80. The van der Waals surface area contributed by atoms with E-state index in [0.29, 0.717) is 62.9 Å². The number of Topliss-reactive ketones (excluding diaryl/α,β-unsaturated/α-hetero) is 1. The predicted molar refractivity (Wildman–Crippen MR) is 177 cm³/mol. The van der Waals surface area contributed by atoms with E-state index in [9.17, 15) is 19.2 Å². The Hall–Kier alpha value is -4.09. The van der Waals surface area contributed by atoms with Gasteiger partial charge in [-0.25, -0.2) is 0 Å². The van der Waals surface area contributed by atoms with Crippen LogP contribution in [-0.2, 0) is 31.9 Å². The number of ketones is 1. The van der Waals surface area contributed by atoms with E-state index in [4.69, 9.17) is 29.7 Å². The number of aldehydes is 1. The van der Waals surface area contributed by atoms with Gasteiger partial charge < -0.3 is 29.7 Å². The number of carbonyl (C=O) groups is 4. The van der Waals surface area contributed by atoms with Crippen molar-refractivity contribution in [3.05, 3.63) is 82.8 Å². The molecule has 0 amide bonds. The smallest absolute Gasteiger partial charge is 0.678 e. The Kier molecular flexibility index (Phi) is 9.61. The Balaban J connectivity index is 0.00000433. The molecule has 47 heavy (non-hydrogen) atoms. The van der Waals surface area contributed by atoms with Gasteiger partial charge in [0.05, 0.1) is 14.2 Å². The van der Waals surface area contributed by atoms with Gasteiger partial charge in [-0.05, 0) is 46.0 Å². The standard InChI is InChI=1S/C36H37N4O6.Mg/c1-8-19-16(3)23-12-24-17(4)21(10-11-29(42)45-6)33(39-24)31-32(36(44)46-7)35(43)30-18(5)25(40-34(30)31)13-27-20(9-2)22(15-41)28(38-27)14-26(19)37-23;/h12-15,21,32-33H,8-11H2,1-7H3,(H-,37,38,41,43);/q-3;+2/p-1/b23-12-;/t21-,32+,33?;/m0./s1. The van der Waals surface area contributed by atoms with Crippen LogP contribution in [0.2, 0.25) is 0 Å². The number of rotatable bonds is 7. The molecule has 0 saturated heterocycles. The van der Waals surface area contributed by atoms with Crippen molar-refractivity contribution in [1.29, 1.82) is 0 Å². The minimum atomic E-state index is -1.21. The van der Waals surface area contributed by atoms with Crippen LogP contribution in [0.5, 0.6) is 0 Å². The van der Waals surface area contributed by atoms with Crippen molar-refractivity contribution in [2.24, 2.45) is 11.8 Å². The molecule has 3 aliphatic rings. The Morgan fingerprint density at radius 2 is 1.55 bits per heavy atom. The summed E-state index contributed by atoms with van der Waals surface area (Å²) in [6, 6.07) is -0.649. The maximum atomic E-state index is 14.1. The van der Waals surface area contributed by atoms with Crippen molar-refractivity contribution in [3.63, 3.8) is 0 Å². The van der Waals surface area contributed by atoms with E-state index < -0.39 is 17.9 Å². The quantitative estimate of drug-likeness (QED) is 0.159. The molecule has 0 aromatic carbocycles. The van der Waals surface area contributed by atoms with Crippen LogP contribution in [0.4, 0.5) is 0 Å². The molecule has 8 bridgehead atoms. The normalized spacial score (nSPS) is 21.5. The van der Waals surface area contributed by atoms with E-state index >= 15 is 0 Å². The van der Waals surface area contributed by atoms with Crippen LogP contribution in [0.15, 0.2) is 11.3 Å². The van der Waals surface area contributed by atoms with Crippen LogP contribution in [0.1, 0.15) is 88.0 Å². The molecule has 6 rings (SSSR count). The first-order valence-electron chi connectivity index (χ1n) is 15.6. The van der Waals surface area contributed by atoms with Crippen LogP contribution in [-0.4, -0.2) is 67.3 Å². The summed E-state index contributed by atoms with van der Waals surface area (Å²) in [5, 5.41) is 7.55. The molecule has 3 aromatic rings. The van der Waals surface area contributed by atoms with Crippen molar-refractivity contribution >= 4 is 70.9 Å². The number of allylic oxidation sites excluding steroid dienone is 1. The number of esters is 2. The zero-order chi connectivity index (χ0) is 33.0. The number of fused-ring (bicyclic) bond motifs is 8. The maximum absolute atomic E-state index is 14.1. The summed E-state index contributed by atoms with van der Waals surface area (Å²) in [5.41, 5.74) is 7.44. The SMILES string of the molecule is CCc1c2[n-]c(c1C=O)/C=c1\[n-]/c(c(C)c1CC)=C\C1=C(C)[C@H](CCC(=O)OC)C([N-]1)C1=c3[n-]/c(c(C)c3C(=O)[C@@H]1C(=O)OC)=C\2.[Mg+2]. The zero-order valence-corrected chi connectivity index (χ0v) is 29.2. The van der Waals surface area contributed by atoms with Gasteiger partial charge in [0, 0.05) is 17.5 Å². The summed E-state index contributed by atoms with van der Waals surface area (Å²) in [4.78, 5) is 66.9. The fourth-order valence-corrected chi connectivity index (χ4v) is 7.26. The first-order valence-corrected chi connectivity index (χ1v) is 15.6. The molecule has 0 saturated carbocycles. The van der Waals surface area contributed by atoms with Crippen molar-refractivity contribution < 1.29 is 28.7 Å². The largest absolute Gasteiger partial charge is 2.00 e. The second-order valence-electron chi connectivity index (χ2n) is 12.0. The molecule has 1 unspecified atom stereocenters. The van der Waals surface area contributed by atoms with E-state index in [1.807, 2.05) is 32.9 Å². The number of aromatic nitrogens is 3. The zero-order valence-electron chi connectivity index (χ0n) is 27.8. The number of carbonyl (C=O) groups excluding carboxylic acids is 4. The molecular formula is C36H36MgN4O6-2. The van der Waals surface area contributed by atoms with Crippen molar-refractivity contribution in [2.45, 2.75) is 66.3 Å². The van der Waals surface area contributed by atoms with Crippen LogP contribution in [0, 0.1) is 25.7 Å². The number of methoxy groups -OCH3 is 2. The number of nitrogens with zero attached hydrogens (tertiary/aromatic N) is 4. The molecule has 0 spiro atoms. The minimum Gasteiger partial charge on any atom is -0.678 e. The van der Waals surface area contributed by atoms with E-state index in [1.54, 1.807) is 13.0 Å².